The van der Waals surface area contributed by atoms with E-state index in [1.165, 1.54) is 0 Å². The van der Waals surface area contributed by atoms with Crippen LogP contribution in [-0.4, -0.2) is 57.6 Å². The fourth-order valence-corrected chi connectivity index (χ4v) is 4.53. The molecule has 0 saturated carbocycles. The third kappa shape index (κ3) is 4.51. The summed E-state index contributed by atoms with van der Waals surface area (Å²) in [5.41, 5.74) is 2.97. The van der Waals surface area contributed by atoms with Gasteiger partial charge in [0, 0.05) is 45.1 Å². The maximum atomic E-state index is 12.9. The van der Waals surface area contributed by atoms with Crippen molar-refractivity contribution in [2.24, 2.45) is 18.4 Å². The van der Waals surface area contributed by atoms with Crippen molar-refractivity contribution in [3.8, 4) is 0 Å². The first-order valence-electron chi connectivity index (χ1n) is 11.0. The van der Waals surface area contributed by atoms with Gasteiger partial charge in [-0.1, -0.05) is 6.92 Å². The molecule has 0 unspecified atom stereocenters. The number of rotatable bonds is 6. The lowest BCUT2D eigenvalue weighted by atomic mass is 9.75. The molecular weight excluding hydrogens is 398 g/mol. The number of fused-ring (bicyclic) bond motifs is 1. The van der Waals surface area contributed by atoms with Crippen LogP contribution in [0.5, 0.6) is 0 Å². The van der Waals surface area contributed by atoms with E-state index in [9.17, 15) is 9.59 Å². The average Bonchev–Trinajstić information content (AvgIpc) is 3.31. The SMILES string of the molecule is CCn1nc(C[C@@H](C)COC(=O)c2cn(C)cn2)c2c1C(=O)NCC1(CCOCC1)C2. The van der Waals surface area contributed by atoms with E-state index in [0.717, 1.165) is 43.7 Å². The highest BCUT2D eigenvalue weighted by atomic mass is 16.5. The highest BCUT2D eigenvalue weighted by Gasteiger charge is 2.39. The smallest absolute Gasteiger partial charge is 0.358 e. The number of nitrogens with one attached hydrogen (secondary N) is 1. The normalized spacial score (nSPS) is 18.9. The first-order chi connectivity index (χ1) is 14.9. The predicted molar refractivity (Wildman–Crippen MR) is 113 cm³/mol. The molecular formula is C22H31N5O4. The monoisotopic (exact) mass is 429 g/mol. The lowest BCUT2D eigenvalue weighted by Crippen LogP contribution is -2.40. The number of imidazole rings is 1. The van der Waals surface area contributed by atoms with Gasteiger partial charge in [-0.15, -0.1) is 0 Å². The van der Waals surface area contributed by atoms with E-state index in [1.54, 1.807) is 17.1 Å². The fraction of sp³-hybridized carbons (Fsp3) is 0.636. The fourth-order valence-electron chi connectivity index (χ4n) is 4.53. The zero-order chi connectivity index (χ0) is 22.0. The molecule has 1 amide bonds. The molecule has 9 nitrogen and oxygen atoms in total. The summed E-state index contributed by atoms with van der Waals surface area (Å²) in [6.45, 7) is 7.06. The Morgan fingerprint density at radius 3 is 2.84 bits per heavy atom. The van der Waals surface area contributed by atoms with Gasteiger partial charge < -0.3 is 19.4 Å². The highest BCUT2D eigenvalue weighted by molar-refractivity contribution is 5.94. The molecule has 0 bridgehead atoms. The summed E-state index contributed by atoms with van der Waals surface area (Å²) in [6.07, 6.45) is 6.54. The third-order valence-electron chi connectivity index (χ3n) is 6.33. The van der Waals surface area contributed by atoms with E-state index in [4.69, 9.17) is 14.6 Å². The van der Waals surface area contributed by atoms with Gasteiger partial charge in [-0.3, -0.25) is 9.48 Å². The Balaban J connectivity index is 1.50. The first-order valence-corrected chi connectivity index (χ1v) is 11.0. The van der Waals surface area contributed by atoms with E-state index in [1.807, 2.05) is 25.6 Å². The van der Waals surface area contributed by atoms with Gasteiger partial charge in [-0.2, -0.15) is 5.10 Å². The molecule has 9 heteroatoms. The molecule has 1 N–H and O–H groups in total. The first kappa shape index (κ1) is 21.5. The maximum Gasteiger partial charge on any atom is 0.358 e. The lowest BCUT2D eigenvalue weighted by molar-refractivity contribution is 0.0160. The number of aryl methyl sites for hydroxylation is 2. The molecule has 0 aromatic carbocycles. The van der Waals surface area contributed by atoms with Crippen molar-refractivity contribution in [1.29, 1.82) is 0 Å². The second-order valence-corrected chi connectivity index (χ2v) is 8.89. The third-order valence-corrected chi connectivity index (χ3v) is 6.33. The number of amides is 1. The van der Waals surface area contributed by atoms with E-state index in [2.05, 4.69) is 10.3 Å². The van der Waals surface area contributed by atoms with Crippen molar-refractivity contribution < 1.29 is 19.1 Å². The molecule has 1 fully saturated rings. The van der Waals surface area contributed by atoms with E-state index in [0.29, 0.717) is 30.9 Å². The number of aromatic nitrogens is 4. The second-order valence-electron chi connectivity index (χ2n) is 8.89. The van der Waals surface area contributed by atoms with E-state index < -0.39 is 5.97 Å². The lowest BCUT2D eigenvalue weighted by Gasteiger charge is -2.36. The highest BCUT2D eigenvalue weighted by Crippen LogP contribution is 2.38. The molecule has 2 aliphatic rings. The van der Waals surface area contributed by atoms with Crippen LogP contribution >= 0.6 is 0 Å². The molecule has 4 heterocycles. The van der Waals surface area contributed by atoms with Gasteiger partial charge in [0.2, 0.25) is 0 Å². The Bertz CT molecular complexity index is 957. The zero-order valence-corrected chi connectivity index (χ0v) is 18.5. The second kappa shape index (κ2) is 8.82. The Kier molecular flexibility index (Phi) is 6.13. The molecule has 1 spiro atoms. The summed E-state index contributed by atoms with van der Waals surface area (Å²) in [7, 11) is 1.81. The summed E-state index contributed by atoms with van der Waals surface area (Å²) >= 11 is 0. The van der Waals surface area contributed by atoms with Gasteiger partial charge in [0.25, 0.3) is 5.91 Å². The minimum absolute atomic E-state index is 0.0181. The van der Waals surface area contributed by atoms with Crippen LogP contribution in [0, 0.1) is 11.3 Å². The average molecular weight is 430 g/mol. The summed E-state index contributed by atoms with van der Waals surface area (Å²) in [5.74, 6) is -0.409. The molecule has 0 aliphatic carbocycles. The topological polar surface area (TPSA) is 100 Å². The van der Waals surface area contributed by atoms with Crippen LogP contribution in [0.1, 0.15) is 58.9 Å². The molecule has 1 saturated heterocycles. The Labute approximate surface area is 182 Å². The van der Waals surface area contributed by atoms with Crippen LogP contribution < -0.4 is 5.32 Å². The van der Waals surface area contributed by atoms with Crippen LogP contribution in [0.15, 0.2) is 12.5 Å². The van der Waals surface area contributed by atoms with Crippen molar-refractivity contribution >= 4 is 11.9 Å². The van der Waals surface area contributed by atoms with Gasteiger partial charge in [-0.25, -0.2) is 9.78 Å². The van der Waals surface area contributed by atoms with Gasteiger partial charge in [0.05, 0.1) is 18.6 Å². The van der Waals surface area contributed by atoms with Crippen molar-refractivity contribution in [1.82, 2.24) is 24.6 Å². The van der Waals surface area contributed by atoms with Crippen molar-refractivity contribution in [2.45, 2.75) is 46.1 Å². The maximum absolute atomic E-state index is 12.9. The Morgan fingerprint density at radius 2 is 2.16 bits per heavy atom. The number of esters is 1. The van der Waals surface area contributed by atoms with Gasteiger partial charge in [-0.05, 0) is 43.9 Å². The van der Waals surface area contributed by atoms with Crippen LogP contribution in [0.25, 0.3) is 0 Å². The van der Waals surface area contributed by atoms with E-state index >= 15 is 0 Å². The number of ether oxygens (including phenoxy) is 2. The molecule has 1 atom stereocenters. The molecule has 168 valence electrons. The molecule has 2 aromatic heterocycles. The quantitative estimate of drug-likeness (QED) is 0.703. The van der Waals surface area contributed by atoms with Crippen LogP contribution in [0.3, 0.4) is 0 Å². The Hall–Kier alpha value is -2.68. The van der Waals surface area contributed by atoms with Crippen LogP contribution in [0.4, 0.5) is 0 Å². The summed E-state index contributed by atoms with van der Waals surface area (Å²) in [4.78, 5) is 29.1. The number of carbonyl (C=O) groups is 2. The zero-order valence-electron chi connectivity index (χ0n) is 18.5. The summed E-state index contributed by atoms with van der Waals surface area (Å²) in [6, 6.07) is 0. The molecule has 4 rings (SSSR count). The van der Waals surface area contributed by atoms with Crippen molar-refractivity contribution in [3.05, 3.63) is 35.2 Å². The van der Waals surface area contributed by atoms with Crippen LogP contribution in [-0.2, 0) is 35.9 Å². The minimum Gasteiger partial charge on any atom is -0.461 e. The number of carbonyl (C=O) groups excluding carboxylic acids is 2. The van der Waals surface area contributed by atoms with Gasteiger partial charge in [0.1, 0.15) is 5.69 Å². The number of hydrogen-bond acceptors (Lipinski definition) is 6. The summed E-state index contributed by atoms with van der Waals surface area (Å²) < 4.78 is 14.6. The van der Waals surface area contributed by atoms with Gasteiger partial charge >= 0.3 is 5.97 Å². The summed E-state index contributed by atoms with van der Waals surface area (Å²) in [5, 5.41) is 7.91. The molecule has 2 aromatic rings. The minimum atomic E-state index is -0.425. The number of nitrogens with zero attached hydrogens (tertiary/aromatic N) is 4. The van der Waals surface area contributed by atoms with Crippen LogP contribution in [0.2, 0.25) is 0 Å². The van der Waals surface area contributed by atoms with Gasteiger partial charge in [0.15, 0.2) is 5.69 Å². The Morgan fingerprint density at radius 1 is 1.39 bits per heavy atom. The largest absolute Gasteiger partial charge is 0.461 e. The standard InChI is InChI=1S/C22H31N5O4/c1-4-27-19-16(10-22(13-23-20(19)28)5-7-30-8-6-22)17(25-27)9-15(2)12-31-21(29)18-11-26(3)14-24-18/h11,14-15H,4-10,12-13H2,1-3H3,(H,23,28)/t15-/m1/s1. The predicted octanol–water partition coefficient (Wildman–Crippen LogP) is 1.75. The molecule has 0 radical (unpaired) electrons. The molecule has 31 heavy (non-hydrogen) atoms. The number of hydrogen-bond donors (Lipinski definition) is 1. The molecule has 2 aliphatic heterocycles. The van der Waals surface area contributed by atoms with Crippen molar-refractivity contribution in [2.75, 3.05) is 26.4 Å². The van der Waals surface area contributed by atoms with E-state index in [-0.39, 0.29) is 23.8 Å². The van der Waals surface area contributed by atoms with Crippen molar-refractivity contribution in [3.63, 3.8) is 0 Å².